The minimum Gasteiger partial charge on any atom is -0.454 e. The minimum atomic E-state index is 0.276. The van der Waals surface area contributed by atoms with Gasteiger partial charge in [0.05, 0.1) is 0 Å². The molecule has 5 nitrogen and oxygen atoms in total. The number of nitrogens with zero attached hydrogens (tertiary/aromatic N) is 1. The molecule has 5 heteroatoms. The van der Waals surface area contributed by atoms with Gasteiger partial charge in [-0.2, -0.15) is 4.98 Å². The normalized spacial score (nSPS) is 12.8. The second-order valence-electron chi connectivity index (χ2n) is 4.19. The first-order chi connectivity index (χ1) is 8.69. The van der Waals surface area contributed by atoms with E-state index in [1.807, 2.05) is 26.0 Å². The third kappa shape index (κ3) is 1.59. The van der Waals surface area contributed by atoms with Gasteiger partial charge in [0.15, 0.2) is 11.5 Å². The Morgan fingerprint density at radius 1 is 1.17 bits per heavy atom. The summed E-state index contributed by atoms with van der Waals surface area (Å²) in [5, 5.41) is 2.90. The molecule has 1 aliphatic heterocycles. The highest BCUT2D eigenvalue weighted by Crippen LogP contribution is 2.39. The summed E-state index contributed by atoms with van der Waals surface area (Å²) in [4.78, 5) is 4.41. The largest absolute Gasteiger partial charge is 0.454 e. The lowest BCUT2D eigenvalue weighted by atomic mass is 10.0. The van der Waals surface area contributed by atoms with E-state index in [0.29, 0.717) is 6.01 Å². The van der Waals surface area contributed by atoms with Crippen molar-refractivity contribution in [1.82, 2.24) is 4.98 Å². The number of oxazole rings is 1. The standard InChI is InChI=1S/C13H14N2O3/c1-7-4-10-11(17-6-16-10)5-9(7)12-8(2)18-13(14-3)15-12/h4-5H,6H2,1-3H3,(H,14,15). The molecule has 1 aromatic carbocycles. The van der Waals surface area contributed by atoms with E-state index < -0.39 is 0 Å². The Morgan fingerprint density at radius 2 is 1.89 bits per heavy atom. The molecule has 0 fully saturated rings. The maximum Gasteiger partial charge on any atom is 0.295 e. The Kier molecular flexibility index (Phi) is 2.40. The van der Waals surface area contributed by atoms with Crippen molar-refractivity contribution in [2.75, 3.05) is 19.2 Å². The highest BCUT2D eigenvalue weighted by molar-refractivity contribution is 5.70. The Hall–Kier alpha value is -2.17. The topological polar surface area (TPSA) is 56.5 Å². The van der Waals surface area contributed by atoms with Gasteiger partial charge in [-0.1, -0.05) is 0 Å². The lowest BCUT2D eigenvalue weighted by molar-refractivity contribution is 0.174. The minimum absolute atomic E-state index is 0.276. The van der Waals surface area contributed by atoms with Crippen molar-refractivity contribution in [3.8, 4) is 22.8 Å². The fourth-order valence-electron chi connectivity index (χ4n) is 2.05. The monoisotopic (exact) mass is 246 g/mol. The van der Waals surface area contributed by atoms with Crippen molar-refractivity contribution < 1.29 is 13.9 Å². The van der Waals surface area contributed by atoms with Gasteiger partial charge in [-0.25, -0.2) is 0 Å². The van der Waals surface area contributed by atoms with E-state index >= 15 is 0 Å². The molecule has 1 aromatic heterocycles. The summed E-state index contributed by atoms with van der Waals surface area (Å²) in [6.45, 7) is 4.19. The van der Waals surface area contributed by atoms with E-state index in [4.69, 9.17) is 13.9 Å². The summed E-state index contributed by atoms with van der Waals surface area (Å²) in [7, 11) is 1.78. The van der Waals surface area contributed by atoms with Gasteiger partial charge in [0.25, 0.3) is 6.01 Å². The molecular weight excluding hydrogens is 232 g/mol. The highest BCUT2D eigenvalue weighted by Gasteiger charge is 2.19. The summed E-state index contributed by atoms with van der Waals surface area (Å²) in [5.41, 5.74) is 2.91. The fourth-order valence-corrected chi connectivity index (χ4v) is 2.05. The third-order valence-electron chi connectivity index (χ3n) is 2.99. The van der Waals surface area contributed by atoms with Gasteiger partial charge in [-0.3, -0.25) is 0 Å². The predicted octanol–water partition coefficient (Wildman–Crippen LogP) is 2.73. The Labute approximate surface area is 105 Å². The number of rotatable bonds is 2. The van der Waals surface area contributed by atoms with Crippen LogP contribution in [0.3, 0.4) is 0 Å². The molecule has 94 valence electrons. The molecule has 0 saturated carbocycles. The molecule has 0 saturated heterocycles. The van der Waals surface area contributed by atoms with Crippen LogP contribution in [0, 0.1) is 13.8 Å². The van der Waals surface area contributed by atoms with Crippen molar-refractivity contribution >= 4 is 6.01 Å². The molecule has 0 bridgehead atoms. The van der Waals surface area contributed by atoms with Crippen molar-refractivity contribution in [1.29, 1.82) is 0 Å². The number of hydrogen-bond acceptors (Lipinski definition) is 5. The van der Waals surface area contributed by atoms with E-state index in [1.54, 1.807) is 7.05 Å². The average molecular weight is 246 g/mol. The van der Waals surface area contributed by atoms with Gasteiger partial charge >= 0.3 is 0 Å². The number of fused-ring (bicyclic) bond motifs is 1. The first-order valence-electron chi connectivity index (χ1n) is 5.75. The molecule has 0 unspecified atom stereocenters. The molecule has 0 aliphatic carbocycles. The lowest BCUT2D eigenvalue weighted by Gasteiger charge is -2.05. The molecule has 0 radical (unpaired) electrons. The summed E-state index contributed by atoms with van der Waals surface area (Å²) >= 11 is 0. The predicted molar refractivity (Wildman–Crippen MR) is 67.1 cm³/mol. The van der Waals surface area contributed by atoms with Crippen LogP contribution in [0.2, 0.25) is 0 Å². The van der Waals surface area contributed by atoms with Crippen LogP contribution >= 0.6 is 0 Å². The third-order valence-corrected chi connectivity index (χ3v) is 2.99. The number of anilines is 1. The molecule has 0 atom stereocenters. The quantitative estimate of drug-likeness (QED) is 0.882. The van der Waals surface area contributed by atoms with Crippen molar-refractivity contribution in [3.05, 3.63) is 23.5 Å². The van der Waals surface area contributed by atoms with Gasteiger partial charge in [0.2, 0.25) is 6.79 Å². The summed E-state index contributed by atoms with van der Waals surface area (Å²) < 4.78 is 16.2. The van der Waals surface area contributed by atoms with Crippen LogP contribution in [0.25, 0.3) is 11.3 Å². The van der Waals surface area contributed by atoms with Crippen LogP contribution in [0.5, 0.6) is 11.5 Å². The molecule has 0 spiro atoms. The smallest absolute Gasteiger partial charge is 0.295 e. The maximum absolute atomic E-state index is 5.50. The van der Waals surface area contributed by atoms with E-state index in [0.717, 1.165) is 34.1 Å². The Bertz CT molecular complexity index is 605. The Balaban J connectivity index is 2.13. The fraction of sp³-hybridized carbons (Fsp3) is 0.308. The van der Waals surface area contributed by atoms with Crippen molar-refractivity contribution in [2.45, 2.75) is 13.8 Å². The molecule has 1 N–H and O–H groups in total. The van der Waals surface area contributed by atoms with Crippen LogP contribution in [0.1, 0.15) is 11.3 Å². The number of benzene rings is 1. The van der Waals surface area contributed by atoms with E-state index in [-0.39, 0.29) is 6.79 Å². The Morgan fingerprint density at radius 3 is 2.56 bits per heavy atom. The zero-order chi connectivity index (χ0) is 12.7. The van der Waals surface area contributed by atoms with Gasteiger partial charge in [0, 0.05) is 12.6 Å². The van der Waals surface area contributed by atoms with Crippen molar-refractivity contribution in [3.63, 3.8) is 0 Å². The maximum atomic E-state index is 5.50. The van der Waals surface area contributed by atoms with Crippen LogP contribution in [0.15, 0.2) is 16.5 Å². The summed E-state index contributed by atoms with van der Waals surface area (Å²) in [6, 6.07) is 4.42. The van der Waals surface area contributed by atoms with Gasteiger partial charge in [-0.05, 0) is 31.5 Å². The SMILES string of the molecule is CNc1nc(-c2cc3c(cc2C)OCO3)c(C)o1. The second-order valence-corrected chi connectivity index (χ2v) is 4.19. The molecule has 2 heterocycles. The van der Waals surface area contributed by atoms with Crippen LogP contribution in [0.4, 0.5) is 6.01 Å². The molecule has 0 amide bonds. The van der Waals surface area contributed by atoms with E-state index in [9.17, 15) is 0 Å². The molecule has 2 aromatic rings. The van der Waals surface area contributed by atoms with E-state index in [2.05, 4.69) is 10.3 Å². The van der Waals surface area contributed by atoms with E-state index in [1.165, 1.54) is 0 Å². The van der Waals surface area contributed by atoms with Gasteiger partial charge in [0.1, 0.15) is 11.5 Å². The summed E-state index contributed by atoms with van der Waals surface area (Å²) in [5.74, 6) is 2.32. The van der Waals surface area contributed by atoms with Crippen LogP contribution < -0.4 is 14.8 Å². The number of ether oxygens (including phenoxy) is 2. The molecular formula is C13H14N2O3. The van der Waals surface area contributed by atoms with Gasteiger partial charge in [-0.15, -0.1) is 0 Å². The van der Waals surface area contributed by atoms with Crippen LogP contribution in [-0.4, -0.2) is 18.8 Å². The average Bonchev–Trinajstić information content (AvgIpc) is 2.93. The number of aromatic nitrogens is 1. The van der Waals surface area contributed by atoms with Gasteiger partial charge < -0.3 is 19.2 Å². The molecule has 3 rings (SSSR count). The molecule has 18 heavy (non-hydrogen) atoms. The zero-order valence-corrected chi connectivity index (χ0v) is 10.5. The number of nitrogens with one attached hydrogen (secondary N) is 1. The zero-order valence-electron chi connectivity index (χ0n) is 10.5. The highest BCUT2D eigenvalue weighted by atomic mass is 16.7. The number of aryl methyl sites for hydroxylation is 2. The lowest BCUT2D eigenvalue weighted by Crippen LogP contribution is -1.92. The second kappa shape index (κ2) is 3.94. The van der Waals surface area contributed by atoms with Crippen LogP contribution in [-0.2, 0) is 0 Å². The molecule has 1 aliphatic rings. The first-order valence-corrected chi connectivity index (χ1v) is 5.75. The first kappa shape index (κ1) is 11.0. The van der Waals surface area contributed by atoms with Crippen molar-refractivity contribution in [2.24, 2.45) is 0 Å². The summed E-state index contributed by atoms with van der Waals surface area (Å²) in [6.07, 6.45) is 0. The number of hydrogen-bond donors (Lipinski definition) is 1.